The van der Waals surface area contributed by atoms with E-state index in [-0.39, 0.29) is 5.82 Å². The van der Waals surface area contributed by atoms with Crippen molar-refractivity contribution in [3.05, 3.63) is 46.6 Å². The molecule has 0 unspecified atom stereocenters. The summed E-state index contributed by atoms with van der Waals surface area (Å²) in [5, 5.41) is 0. The van der Waals surface area contributed by atoms with Crippen LogP contribution in [0.25, 0.3) is 11.3 Å². The fourth-order valence-electron chi connectivity index (χ4n) is 1.42. The van der Waals surface area contributed by atoms with Crippen LogP contribution in [0.2, 0.25) is 0 Å². The molecule has 4 heteroatoms. The third-order valence-electron chi connectivity index (χ3n) is 2.18. The Labute approximate surface area is 102 Å². The molecule has 0 saturated heterocycles. The Kier molecular flexibility index (Phi) is 3.29. The summed E-state index contributed by atoms with van der Waals surface area (Å²) in [4.78, 5) is 8.57. The van der Waals surface area contributed by atoms with E-state index in [1.165, 1.54) is 12.1 Å². The van der Waals surface area contributed by atoms with Crippen molar-refractivity contribution in [1.82, 2.24) is 9.97 Å². The number of aromatic nitrogens is 2. The Morgan fingerprint density at radius 2 is 2.06 bits per heavy atom. The highest BCUT2D eigenvalue weighted by Crippen LogP contribution is 2.21. The normalized spacial score (nSPS) is 10.4. The van der Waals surface area contributed by atoms with Crippen LogP contribution >= 0.6 is 15.9 Å². The summed E-state index contributed by atoms with van der Waals surface area (Å²) in [5.74, 6) is 0.485. The standard InChI is InChI=1S/C12H10BrFN2/c1-2-12-15-10(7-11(13)16-12)8-4-3-5-9(14)6-8/h3-7H,2H2,1H3. The van der Waals surface area contributed by atoms with E-state index in [2.05, 4.69) is 25.9 Å². The fraction of sp³-hybridized carbons (Fsp3) is 0.167. The van der Waals surface area contributed by atoms with Gasteiger partial charge in [-0.05, 0) is 34.1 Å². The van der Waals surface area contributed by atoms with Crippen LogP contribution < -0.4 is 0 Å². The predicted molar refractivity (Wildman–Crippen MR) is 64.5 cm³/mol. The Hall–Kier alpha value is -1.29. The smallest absolute Gasteiger partial charge is 0.130 e. The minimum absolute atomic E-state index is 0.259. The molecular formula is C12H10BrFN2. The molecule has 16 heavy (non-hydrogen) atoms. The first-order valence-electron chi connectivity index (χ1n) is 4.98. The van der Waals surface area contributed by atoms with Gasteiger partial charge in [-0.2, -0.15) is 0 Å². The van der Waals surface area contributed by atoms with Crippen molar-refractivity contribution in [1.29, 1.82) is 0 Å². The maximum absolute atomic E-state index is 13.1. The molecule has 0 saturated carbocycles. The highest BCUT2D eigenvalue weighted by Gasteiger charge is 2.04. The van der Waals surface area contributed by atoms with Gasteiger partial charge in [0.05, 0.1) is 5.69 Å². The first kappa shape index (κ1) is 11.2. The summed E-state index contributed by atoms with van der Waals surface area (Å²) in [6.07, 6.45) is 0.752. The van der Waals surface area contributed by atoms with Crippen LogP contribution in [0.3, 0.4) is 0 Å². The molecule has 2 rings (SSSR count). The van der Waals surface area contributed by atoms with Crippen molar-refractivity contribution in [2.75, 3.05) is 0 Å². The van der Waals surface area contributed by atoms with E-state index in [1.54, 1.807) is 12.1 Å². The first-order valence-corrected chi connectivity index (χ1v) is 5.77. The summed E-state index contributed by atoms with van der Waals surface area (Å²) in [6.45, 7) is 1.98. The summed E-state index contributed by atoms with van der Waals surface area (Å²) in [7, 11) is 0. The van der Waals surface area contributed by atoms with Crippen molar-refractivity contribution in [3.63, 3.8) is 0 Å². The molecule has 0 spiro atoms. The molecule has 0 amide bonds. The van der Waals surface area contributed by atoms with Crippen molar-refractivity contribution < 1.29 is 4.39 Å². The third kappa shape index (κ3) is 2.44. The van der Waals surface area contributed by atoms with Gasteiger partial charge < -0.3 is 0 Å². The highest BCUT2D eigenvalue weighted by atomic mass is 79.9. The second-order valence-electron chi connectivity index (χ2n) is 3.36. The van der Waals surface area contributed by atoms with Crippen LogP contribution in [0, 0.1) is 5.82 Å². The molecule has 0 N–H and O–H groups in total. The average molecular weight is 281 g/mol. The van der Waals surface area contributed by atoms with Crippen LogP contribution in [-0.2, 0) is 6.42 Å². The molecule has 0 aliphatic rings. The molecule has 0 aliphatic heterocycles. The minimum Gasteiger partial charge on any atom is -0.233 e. The lowest BCUT2D eigenvalue weighted by Crippen LogP contribution is -1.95. The zero-order valence-corrected chi connectivity index (χ0v) is 10.3. The molecule has 1 aromatic heterocycles. The Balaban J connectivity index is 2.51. The number of benzene rings is 1. The van der Waals surface area contributed by atoms with Gasteiger partial charge >= 0.3 is 0 Å². The van der Waals surface area contributed by atoms with E-state index in [1.807, 2.05) is 13.0 Å². The number of rotatable bonds is 2. The van der Waals surface area contributed by atoms with E-state index in [4.69, 9.17) is 0 Å². The van der Waals surface area contributed by atoms with Crippen LogP contribution in [0.4, 0.5) is 4.39 Å². The molecule has 2 nitrogen and oxygen atoms in total. The Bertz CT molecular complexity index is 514. The molecule has 1 aromatic carbocycles. The Morgan fingerprint density at radius 3 is 2.75 bits per heavy atom. The van der Waals surface area contributed by atoms with Crippen LogP contribution in [-0.4, -0.2) is 9.97 Å². The van der Waals surface area contributed by atoms with Crippen LogP contribution in [0.1, 0.15) is 12.7 Å². The predicted octanol–water partition coefficient (Wildman–Crippen LogP) is 3.61. The van der Waals surface area contributed by atoms with Crippen molar-refractivity contribution in [3.8, 4) is 11.3 Å². The molecule has 0 radical (unpaired) electrons. The second-order valence-corrected chi connectivity index (χ2v) is 4.17. The summed E-state index contributed by atoms with van der Waals surface area (Å²) in [5.41, 5.74) is 1.50. The van der Waals surface area contributed by atoms with Gasteiger partial charge in [0.1, 0.15) is 16.2 Å². The lowest BCUT2D eigenvalue weighted by molar-refractivity contribution is 0.628. The van der Waals surface area contributed by atoms with Gasteiger partial charge in [0, 0.05) is 12.0 Å². The molecule has 0 atom stereocenters. The van der Waals surface area contributed by atoms with E-state index in [0.717, 1.165) is 28.1 Å². The van der Waals surface area contributed by atoms with Crippen LogP contribution in [0.15, 0.2) is 34.9 Å². The molecule has 0 fully saturated rings. The van der Waals surface area contributed by atoms with E-state index < -0.39 is 0 Å². The fourth-order valence-corrected chi connectivity index (χ4v) is 1.84. The monoisotopic (exact) mass is 280 g/mol. The van der Waals surface area contributed by atoms with Crippen molar-refractivity contribution >= 4 is 15.9 Å². The zero-order valence-electron chi connectivity index (χ0n) is 8.74. The van der Waals surface area contributed by atoms with Gasteiger partial charge in [-0.15, -0.1) is 0 Å². The zero-order chi connectivity index (χ0) is 11.5. The quantitative estimate of drug-likeness (QED) is 0.786. The van der Waals surface area contributed by atoms with Gasteiger partial charge in [0.25, 0.3) is 0 Å². The van der Waals surface area contributed by atoms with Crippen molar-refractivity contribution in [2.24, 2.45) is 0 Å². The maximum Gasteiger partial charge on any atom is 0.130 e. The summed E-state index contributed by atoms with van der Waals surface area (Å²) >= 11 is 3.32. The van der Waals surface area contributed by atoms with Gasteiger partial charge in [-0.25, -0.2) is 14.4 Å². The highest BCUT2D eigenvalue weighted by molar-refractivity contribution is 9.10. The Morgan fingerprint density at radius 1 is 1.25 bits per heavy atom. The van der Waals surface area contributed by atoms with Crippen molar-refractivity contribution in [2.45, 2.75) is 13.3 Å². The molecule has 1 heterocycles. The van der Waals surface area contributed by atoms with Gasteiger partial charge in [-0.3, -0.25) is 0 Å². The summed E-state index contributed by atoms with van der Waals surface area (Å²) in [6, 6.07) is 8.17. The van der Waals surface area contributed by atoms with Crippen LogP contribution in [0.5, 0.6) is 0 Å². The molecule has 2 aromatic rings. The first-order chi connectivity index (χ1) is 7.69. The average Bonchev–Trinajstić information content (AvgIpc) is 2.28. The number of halogens is 2. The SMILES string of the molecule is CCc1nc(Br)cc(-c2cccc(F)c2)n1. The van der Waals surface area contributed by atoms with Gasteiger partial charge in [0.2, 0.25) is 0 Å². The minimum atomic E-state index is -0.259. The molecule has 0 bridgehead atoms. The number of hydrogen-bond donors (Lipinski definition) is 0. The molecular weight excluding hydrogens is 271 g/mol. The molecule has 82 valence electrons. The molecule has 0 aliphatic carbocycles. The maximum atomic E-state index is 13.1. The third-order valence-corrected chi connectivity index (χ3v) is 2.58. The van der Waals surface area contributed by atoms with E-state index in [0.29, 0.717) is 0 Å². The topological polar surface area (TPSA) is 25.8 Å². The number of aryl methyl sites for hydroxylation is 1. The van der Waals surface area contributed by atoms with E-state index >= 15 is 0 Å². The largest absolute Gasteiger partial charge is 0.233 e. The lowest BCUT2D eigenvalue weighted by Gasteiger charge is -2.04. The van der Waals surface area contributed by atoms with Gasteiger partial charge in [-0.1, -0.05) is 19.1 Å². The second kappa shape index (κ2) is 4.70. The van der Waals surface area contributed by atoms with Gasteiger partial charge in [0.15, 0.2) is 0 Å². The summed E-state index contributed by atoms with van der Waals surface area (Å²) < 4.78 is 13.8. The number of nitrogens with zero attached hydrogens (tertiary/aromatic N) is 2. The van der Waals surface area contributed by atoms with E-state index in [9.17, 15) is 4.39 Å². The lowest BCUT2D eigenvalue weighted by atomic mass is 10.1. The number of hydrogen-bond acceptors (Lipinski definition) is 2.